The zero-order valence-corrected chi connectivity index (χ0v) is 15.7. The van der Waals surface area contributed by atoms with Crippen molar-refractivity contribution in [2.75, 3.05) is 23.8 Å². The molecule has 0 aliphatic rings. The van der Waals surface area contributed by atoms with Gasteiger partial charge in [-0.25, -0.2) is 0 Å². The highest BCUT2D eigenvalue weighted by Gasteiger charge is 2.18. The summed E-state index contributed by atoms with van der Waals surface area (Å²) >= 11 is 0. The topological polar surface area (TPSA) is 103 Å². The average molecular weight is 371 g/mol. The van der Waals surface area contributed by atoms with Crippen molar-refractivity contribution in [1.29, 1.82) is 0 Å². The molecule has 27 heavy (non-hydrogen) atoms. The summed E-state index contributed by atoms with van der Waals surface area (Å²) in [7, 11) is 0. The summed E-state index contributed by atoms with van der Waals surface area (Å²) in [5, 5.41) is 5.86. The summed E-state index contributed by atoms with van der Waals surface area (Å²) in [6, 6.07) is 11.6. The number of nitrogens with two attached hydrogens (primary N) is 1. The van der Waals surface area contributed by atoms with Gasteiger partial charge in [0, 0.05) is 17.7 Å². The molecule has 0 saturated carbocycles. The van der Waals surface area contributed by atoms with Crippen LogP contribution in [0.15, 0.2) is 42.5 Å². The first-order valence-electron chi connectivity index (χ1n) is 8.82. The molecular formula is C20H25N3O4. The molecule has 0 fully saturated rings. The normalized spacial score (nSPS) is 11.4. The summed E-state index contributed by atoms with van der Waals surface area (Å²) in [6.45, 7) is 6.18. The first kappa shape index (κ1) is 20.1. The molecule has 0 aliphatic heterocycles. The molecule has 7 nitrogen and oxygen atoms in total. The van der Waals surface area contributed by atoms with E-state index in [4.69, 9.17) is 15.2 Å². The quantitative estimate of drug-likeness (QED) is 0.629. The Balaban J connectivity index is 2.38. The van der Waals surface area contributed by atoms with Crippen LogP contribution in [0.25, 0.3) is 0 Å². The highest BCUT2D eigenvalue weighted by atomic mass is 16.5. The SMILES string of the molecule is CCOc1cc(N[C@@H](C)C(N)=O)c(OCC)cc1NC(=O)c1ccccc1. The number of benzene rings is 2. The Bertz CT molecular complexity index is 793. The minimum atomic E-state index is -0.594. The highest BCUT2D eigenvalue weighted by Crippen LogP contribution is 2.37. The van der Waals surface area contributed by atoms with Gasteiger partial charge in [0.05, 0.1) is 24.6 Å². The lowest BCUT2D eigenvalue weighted by Crippen LogP contribution is -2.32. The molecule has 4 N–H and O–H groups in total. The van der Waals surface area contributed by atoms with E-state index in [9.17, 15) is 9.59 Å². The zero-order chi connectivity index (χ0) is 19.8. The molecule has 0 bridgehead atoms. The molecule has 2 rings (SSSR count). The van der Waals surface area contributed by atoms with Gasteiger partial charge in [-0.1, -0.05) is 18.2 Å². The van der Waals surface area contributed by atoms with Gasteiger partial charge in [0.2, 0.25) is 5.91 Å². The molecule has 0 aromatic heterocycles. The lowest BCUT2D eigenvalue weighted by Gasteiger charge is -2.20. The van der Waals surface area contributed by atoms with Crippen LogP contribution in [0, 0.1) is 0 Å². The predicted octanol–water partition coefficient (Wildman–Crippen LogP) is 3.02. The van der Waals surface area contributed by atoms with E-state index in [1.54, 1.807) is 43.3 Å². The van der Waals surface area contributed by atoms with Gasteiger partial charge in [0.1, 0.15) is 17.5 Å². The van der Waals surface area contributed by atoms with Crippen molar-refractivity contribution in [2.24, 2.45) is 5.73 Å². The third-order valence-corrected chi connectivity index (χ3v) is 3.76. The predicted molar refractivity (Wildman–Crippen MR) is 105 cm³/mol. The number of rotatable bonds is 9. The molecule has 2 amide bonds. The Morgan fingerprint density at radius 3 is 2.11 bits per heavy atom. The van der Waals surface area contributed by atoms with Crippen LogP contribution >= 0.6 is 0 Å². The van der Waals surface area contributed by atoms with Crippen LogP contribution in [-0.2, 0) is 4.79 Å². The zero-order valence-electron chi connectivity index (χ0n) is 15.7. The number of hydrogen-bond donors (Lipinski definition) is 3. The van der Waals surface area contributed by atoms with E-state index >= 15 is 0 Å². The number of amides is 2. The summed E-state index contributed by atoms with van der Waals surface area (Å²) < 4.78 is 11.3. The number of carbonyl (C=O) groups is 2. The van der Waals surface area contributed by atoms with Crippen LogP contribution in [-0.4, -0.2) is 31.1 Å². The largest absolute Gasteiger partial charge is 0.492 e. The Hall–Kier alpha value is -3.22. The molecule has 2 aromatic carbocycles. The molecule has 0 radical (unpaired) electrons. The number of primary amides is 1. The Labute approximate surface area is 158 Å². The lowest BCUT2D eigenvalue weighted by molar-refractivity contribution is -0.118. The fourth-order valence-electron chi connectivity index (χ4n) is 2.41. The van der Waals surface area contributed by atoms with Crippen LogP contribution in [0.3, 0.4) is 0 Å². The maximum absolute atomic E-state index is 12.5. The van der Waals surface area contributed by atoms with Crippen molar-refractivity contribution in [2.45, 2.75) is 26.8 Å². The van der Waals surface area contributed by atoms with E-state index in [0.29, 0.717) is 41.7 Å². The van der Waals surface area contributed by atoms with Crippen molar-refractivity contribution in [1.82, 2.24) is 0 Å². The van der Waals surface area contributed by atoms with E-state index in [-0.39, 0.29) is 5.91 Å². The molecule has 7 heteroatoms. The van der Waals surface area contributed by atoms with Gasteiger partial charge >= 0.3 is 0 Å². The minimum absolute atomic E-state index is 0.259. The van der Waals surface area contributed by atoms with E-state index in [2.05, 4.69) is 10.6 Å². The first-order valence-corrected chi connectivity index (χ1v) is 8.82. The van der Waals surface area contributed by atoms with Gasteiger partial charge in [-0.3, -0.25) is 9.59 Å². The van der Waals surface area contributed by atoms with Crippen molar-refractivity contribution >= 4 is 23.2 Å². The maximum Gasteiger partial charge on any atom is 0.255 e. The van der Waals surface area contributed by atoms with Gasteiger partial charge < -0.3 is 25.8 Å². The van der Waals surface area contributed by atoms with Crippen molar-refractivity contribution in [3.8, 4) is 11.5 Å². The molecule has 0 aliphatic carbocycles. The Morgan fingerprint density at radius 2 is 1.56 bits per heavy atom. The molecule has 1 atom stereocenters. The number of ether oxygens (including phenoxy) is 2. The second-order valence-corrected chi connectivity index (χ2v) is 5.80. The Morgan fingerprint density at radius 1 is 1.00 bits per heavy atom. The van der Waals surface area contributed by atoms with Gasteiger partial charge in [0.15, 0.2) is 0 Å². The van der Waals surface area contributed by atoms with Crippen molar-refractivity contribution < 1.29 is 19.1 Å². The number of anilines is 2. The second-order valence-electron chi connectivity index (χ2n) is 5.80. The minimum Gasteiger partial charge on any atom is -0.492 e. The average Bonchev–Trinajstić information content (AvgIpc) is 2.65. The third-order valence-electron chi connectivity index (χ3n) is 3.76. The molecule has 2 aromatic rings. The van der Waals surface area contributed by atoms with Crippen LogP contribution in [0.1, 0.15) is 31.1 Å². The van der Waals surface area contributed by atoms with Gasteiger partial charge in [0.25, 0.3) is 5.91 Å². The summed E-state index contributed by atoms with van der Waals surface area (Å²) in [4.78, 5) is 23.9. The Kier molecular flexibility index (Phi) is 7.05. The van der Waals surface area contributed by atoms with Crippen molar-refractivity contribution in [3.63, 3.8) is 0 Å². The maximum atomic E-state index is 12.5. The summed E-state index contributed by atoms with van der Waals surface area (Å²) in [6.07, 6.45) is 0. The summed E-state index contributed by atoms with van der Waals surface area (Å²) in [5.74, 6) is 0.198. The molecule has 0 saturated heterocycles. The van der Waals surface area contributed by atoms with Gasteiger partial charge in [-0.05, 0) is 32.9 Å². The smallest absolute Gasteiger partial charge is 0.255 e. The monoisotopic (exact) mass is 371 g/mol. The molecule has 0 spiro atoms. The van der Waals surface area contributed by atoms with Crippen molar-refractivity contribution in [3.05, 3.63) is 48.0 Å². The van der Waals surface area contributed by atoms with Crippen LogP contribution in [0.2, 0.25) is 0 Å². The first-order chi connectivity index (χ1) is 13.0. The fourth-order valence-corrected chi connectivity index (χ4v) is 2.41. The fraction of sp³-hybridized carbons (Fsp3) is 0.300. The third kappa shape index (κ3) is 5.37. The van der Waals surface area contributed by atoms with E-state index in [0.717, 1.165) is 0 Å². The van der Waals surface area contributed by atoms with E-state index in [1.165, 1.54) is 0 Å². The van der Waals surface area contributed by atoms with Crippen LogP contribution in [0.4, 0.5) is 11.4 Å². The number of carbonyl (C=O) groups excluding carboxylic acids is 2. The molecular weight excluding hydrogens is 346 g/mol. The number of hydrogen-bond acceptors (Lipinski definition) is 5. The van der Waals surface area contributed by atoms with E-state index in [1.807, 2.05) is 19.9 Å². The standard InChI is InChI=1S/C20H25N3O4/c1-4-26-17-12-16(23-20(25)14-9-7-6-8-10-14)18(27-5-2)11-15(17)22-13(3)19(21)24/h6-13,22H,4-5H2,1-3H3,(H2,21,24)(H,23,25)/t13-/m0/s1. The van der Waals surface area contributed by atoms with Crippen LogP contribution in [0.5, 0.6) is 11.5 Å². The van der Waals surface area contributed by atoms with Gasteiger partial charge in [-0.2, -0.15) is 0 Å². The molecule has 0 unspecified atom stereocenters. The van der Waals surface area contributed by atoms with Crippen LogP contribution < -0.4 is 25.8 Å². The molecule has 0 heterocycles. The lowest BCUT2D eigenvalue weighted by atomic mass is 10.1. The summed E-state index contributed by atoms with van der Waals surface area (Å²) in [5.41, 5.74) is 6.90. The van der Waals surface area contributed by atoms with Gasteiger partial charge in [-0.15, -0.1) is 0 Å². The van der Waals surface area contributed by atoms with E-state index < -0.39 is 11.9 Å². The second kappa shape index (κ2) is 9.47. The highest BCUT2D eigenvalue weighted by molar-refractivity contribution is 6.05. The molecule has 144 valence electrons. The number of nitrogens with one attached hydrogen (secondary N) is 2.